The Morgan fingerprint density at radius 3 is 2.64 bits per heavy atom. The minimum atomic E-state index is -0.184. The van der Waals surface area contributed by atoms with Gasteiger partial charge in [0, 0.05) is 5.56 Å². The van der Waals surface area contributed by atoms with E-state index >= 15 is 0 Å². The lowest BCUT2D eigenvalue weighted by atomic mass is 10.2. The van der Waals surface area contributed by atoms with Gasteiger partial charge in [-0.25, -0.2) is 0 Å². The van der Waals surface area contributed by atoms with Crippen molar-refractivity contribution >= 4 is 34.1 Å². The second kappa shape index (κ2) is 7.11. The Hall–Kier alpha value is -1.60. The van der Waals surface area contributed by atoms with Gasteiger partial charge in [-0.05, 0) is 56.2 Å². The monoisotopic (exact) mass is 335 g/mol. The van der Waals surface area contributed by atoms with Crippen LogP contribution in [0.5, 0.6) is 5.75 Å². The number of amides is 1. The fourth-order valence-electron chi connectivity index (χ4n) is 2.40. The molecule has 1 aromatic carbocycles. The Kier molecular flexibility index (Phi) is 4.94. The molecule has 116 valence electrons. The van der Waals surface area contributed by atoms with Crippen LogP contribution in [0.25, 0.3) is 0 Å². The molecule has 1 aliphatic rings. The van der Waals surface area contributed by atoms with E-state index in [2.05, 4.69) is 15.5 Å². The van der Waals surface area contributed by atoms with Gasteiger partial charge in [0.25, 0.3) is 5.91 Å². The van der Waals surface area contributed by atoms with Gasteiger partial charge in [0.05, 0.1) is 6.10 Å². The lowest BCUT2D eigenvalue weighted by molar-refractivity contribution is 0.102. The van der Waals surface area contributed by atoms with Gasteiger partial charge in [-0.15, -0.1) is 10.2 Å². The number of carbonyl (C=O) groups excluding carboxylic acids is 1. The first kappa shape index (κ1) is 15.3. The molecule has 0 unspecified atom stereocenters. The predicted molar refractivity (Wildman–Crippen MR) is 89.0 cm³/mol. The van der Waals surface area contributed by atoms with E-state index in [9.17, 15) is 4.79 Å². The zero-order chi connectivity index (χ0) is 15.4. The van der Waals surface area contributed by atoms with Crippen molar-refractivity contribution in [3.05, 3.63) is 29.8 Å². The first-order chi connectivity index (χ1) is 10.7. The van der Waals surface area contributed by atoms with Crippen molar-refractivity contribution in [3.8, 4) is 5.75 Å². The summed E-state index contributed by atoms with van der Waals surface area (Å²) in [6, 6.07) is 7.24. The van der Waals surface area contributed by atoms with Crippen LogP contribution in [0.4, 0.5) is 5.13 Å². The van der Waals surface area contributed by atoms with Gasteiger partial charge in [-0.2, -0.15) is 0 Å². The van der Waals surface area contributed by atoms with Crippen molar-refractivity contribution in [3.63, 3.8) is 0 Å². The highest BCUT2D eigenvalue weighted by molar-refractivity contribution is 8.00. The molecule has 1 saturated carbocycles. The molecule has 22 heavy (non-hydrogen) atoms. The van der Waals surface area contributed by atoms with E-state index in [1.54, 1.807) is 12.1 Å². The van der Waals surface area contributed by atoms with Gasteiger partial charge >= 0.3 is 0 Å². The Morgan fingerprint density at radius 2 is 2.00 bits per heavy atom. The van der Waals surface area contributed by atoms with Crippen molar-refractivity contribution in [2.24, 2.45) is 0 Å². The van der Waals surface area contributed by atoms with Crippen LogP contribution >= 0.6 is 23.1 Å². The summed E-state index contributed by atoms with van der Waals surface area (Å²) in [6.45, 7) is 0. The molecule has 1 amide bonds. The van der Waals surface area contributed by atoms with Crippen molar-refractivity contribution in [2.45, 2.75) is 36.1 Å². The molecule has 0 aliphatic heterocycles. The molecule has 7 heteroatoms. The molecule has 1 fully saturated rings. The molecular formula is C15H17N3O2S2. The maximum absolute atomic E-state index is 12.1. The van der Waals surface area contributed by atoms with E-state index in [4.69, 9.17) is 4.74 Å². The highest BCUT2D eigenvalue weighted by Crippen LogP contribution is 2.25. The standard InChI is InChI=1S/C15H17N3O2S2/c1-21-15-18-17-14(22-15)16-13(19)10-6-8-12(9-7-10)20-11-4-2-3-5-11/h6-9,11H,2-5H2,1H3,(H,16,17,19). The molecule has 1 heterocycles. The number of hydrogen-bond donors (Lipinski definition) is 1. The molecule has 0 bridgehead atoms. The van der Waals surface area contributed by atoms with Crippen molar-refractivity contribution in [2.75, 3.05) is 11.6 Å². The maximum atomic E-state index is 12.1. The van der Waals surface area contributed by atoms with Crippen molar-refractivity contribution in [1.29, 1.82) is 0 Å². The van der Waals surface area contributed by atoms with Crippen molar-refractivity contribution < 1.29 is 9.53 Å². The largest absolute Gasteiger partial charge is 0.490 e. The van der Waals surface area contributed by atoms with Gasteiger partial charge < -0.3 is 4.74 Å². The van der Waals surface area contributed by atoms with Crippen LogP contribution < -0.4 is 10.1 Å². The third-order valence-corrected chi connectivity index (χ3v) is 5.34. The Morgan fingerprint density at radius 1 is 1.27 bits per heavy atom. The smallest absolute Gasteiger partial charge is 0.257 e. The number of ether oxygens (including phenoxy) is 1. The Bertz CT molecular complexity index is 636. The number of aromatic nitrogens is 2. The van der Waals surface area contributed by atoms with Gasteiger partial charge in [-0.3, -0.25) is 10.1 Å². The fourth-order valence-corrected chi connectivity index (χ4v) is 3.56. The van der Waals surface area contributed by atoms with E-state index < -0.39 is 0 Å². The third kappa shape index (κ3) is 3.78. The zero-order valence-electron chi connectivity index (χ0n) is 12.2. The highest BCUT2D eigenvalue weighted by atomic mass is 32.2. The predicted octanol–water partition coefficient (Wildman–Crippen LogP) is 3.83. The van der Waals surface area contributed by atoms with E-state index in [-0.39, 0.29) is 5.91 Å². The number of benzene rings is 1. The lowest BCUT2D eigenvalue weighted by Crippen LogP contribution is -2.13. The number of rotatable bonds is 5. The summed E-state index contributed by atoms with van der Waals surface area (Å²) >= 11 is 2.87. The molecule has 0 radical (unpaired) electrons. The van der Waals surface area contributed by atoms with E-state index in [1.165, 1.54) is 35.9 Å². The fraction of sp³-hybridized carbons (Fsp3) is 0.400. The lowest BCUT2D eigenvalue weighted by Gasteiger charge is -2.13. The van der Waals surface area contributed by atoms with Gasteiger partial charge in [-0.1, -0.05) is 23.1 Å². The summed E-state index contributed by atoms with van der Waals surface area (Å²) in [5.74, 6) is 0.639. The normalized spacial score (nSPS) is 15.0. The number of nitrogens with one attached hydrogen (secondary N) is 1. The topological polar surface area (TPSA) is 64.1 Å². The molecule has 5 nitrogen and oxygen atoms in total. The summed E-state index contributed by atoms with van der Waals surface area (Å²) < 4.78 is 6.72. The average molecular weight is 335 g/mol. The average Bonchev–Trinajstić information content (AvgIpc) is 3.19. The van der Waals surface area contributed by atoms with E-state index in [0.29, 0.717) is 16.8 Å². The van der Waals surface area contributed by atoms with Crippen LogP contribution in [-0.4, -0.2) is 28.5 Å². The van der Waals surface area contributed by atoms with Crippen LogP contribution in [0.15, 0.2) is 28.6 Å². The zero-order valence-corrected chi connectivity index (χ0v) is 13.9. The van der Waals surface area contributed by atoms with Gasteiger partial charge in [0.2, 0.25) is 5.13 Å². The molecule has 1 aromatic heterocycles. The van der Waals surface area contributed by atoms with Crippen LogP contribution in [0.1, 0.15) is 36.0 Å². The SMILES string of the molecule is CSc1nnc(NC(=O)c2ccc(OC3CCCC3)cc2)s1. The van der Waals surface area contributed by atoms with E-state index in [1.807, 2.05) is 18.4 Å². The molecular weight excluding hydrogens is 318 g/mol. The first-order valence-electron chi connectivity index (χ1n) is 7.20. The second-order valence-electron chi connectivity index (χ2n) is 5.08. The summed E-state index contributed by atoms with van der Waals surface area (Å²) in [4.78, 5) is 12.1. The third-order valence-electron chi connectivity index (χ3n) is 3.52. The summed E-state index contributed by atoms with van der Waals surface area (Å²) in [6.07, 6.45) is 6.98. The Labute approximate surface area is 137 Å². The quantitative estimate of drug-likeness (QED) is 0.664. The highest BCUT2D eigenvalue weighted by Gasteiger charge is 2.16. The summed E-state index contributed by atoms with van der Waals surface area (Å²) in [7, 11) is 0. The second-order valence-corrected chi connectivity index (χ2v) is 7.11. The number of anilines is 1. The number of nitrogens with zero attached hydrogens (tertiary/aromatic N) is 2. The molecule has 1 N–H and O–H groups in total. The molecule has 1 aliphatic carbocycles. The van der Waals surface area contributed by atoms with Crippen molar-refractivity contribution in [1.82, 2.24) is 10.2 Å². The van der Waals surface area contributed by atoms with Crippen LogP contribution in [0.2, 0.25) is 0 Å². The number of hydrogen-bond acceptors (Lipinski definition) is 6. The maximum Gasteiger partial charge on any atom is 0.257 e. The molecule has 0 atom stereocenters. The first-order valence-corrected chi connectivity index (χ1v) is 9.24. The molecule has 2 aromatic rings. The minimum Gasteiger partial charge on any atom is -0.490 e. The number of thioether (sulfide) groups is 1. The van der Waals surface area contributed by atoms with Gasteiger partial charge in [0.1, 0.15) is 5.75 Å². The Balaban J connectivity index is 1.60. The summed E-state index contributed by atoms with van der Waals surface area (Å²) in [5, 5.41) is 11.2. The molecule has 0 spiro atoms. The number of carbonyl (C=O) groups is 1. The van der Waals surface area contributed by atoms with Crippen LogP contribution in [0, 0.1) is 0 Å². The van der Waals surface area contributed by atoms with Crippen LogP contribution in [0.3, 0.4) is 0 Å². The molecule has 0 saturated heterocycles. The minimum absolute atomic E-state index is 0.184. The van der Waals surface area contributed by atoms with Gasteiger partial charge in [0.15, 0.2) is 4.34 Å². The molecule has 3 rings (SSSR count). The summed E-state index contributed by atoms with van der Waals surface area (Å²) in [5.41, 5.74) is 0.583. The van der Waals surface area contributed by atoms with E-state index in [0.717, 1.165) is 22.9 Å². The van der Waals surface area contributed by atoms with Crippen LogP contribution in [-0.2, 0) is 0 Å².